The highest BCUT2D eigenvalue weighted by atomic mass is 19.1. The molecule has 0 aliphatic carbocycles. The monoisotopic (exact) mass is 360 g/mol. The van der Waals surface area contributed by atoms with Crippen LogP contribution < -0.4 is 0 Å². The van der Waals surface area contributed by atoms with Crippen molar-refractivity contribution < 1.29 is 22.7 Å². The Morgan fingerprint density at radius 3 is 2.19 bits per heavy atom. The van der Waals surface area contributed by atoms with Crippen molar-refractivity contribution in [3.8, 4) is 16.9 Å². The summed E-state index contributed by atoms with van der Waals surface area (Å²) in [7, 11) is 0. The smallest absolute Gasteiger partial charge is 0.170 e. The summed E-state index contributed by atoms with van der Waals surface area (Å²) in [6, 6.07) is 10.7. The molecule has 0 amide bonds. The van der Waals surface area contributed by atoms with Gasteiger partial charge in [-0.15, -0.1) is 0 Å². The van der Waals surface area contributed by atoms with Crippen LogP contribution >= 0.6 is 0 Å². The average molecular weight is 360 g/mol. The normalized spacial score (nSPS) is 11.0. The molecule has 26 heavy (non-hydrogen) atoms. The Bertz CT molecular complexity index is 966. The molecule has 0 unspecified atom stereocenters. The zero-order chi connectivity index (χ0) is 18.8. The maximum absolute atomic E-state index is 14.3. The molecule has 0 spiro atoms. The average Bonchev–Trinajstić information content (AvgIpc) is 2.60. The van der Waals surface area contributed by atoms with Gasteiger partial charge in [0.2, 0.25) is 0 Å². The summed E-state index contributed by atoms with van der Waals surface area (Å²) in [6.45, 7) is 1.69. The van der Waals surface area contributed by atoms with E-state index in [9.17, 15) is 22.7 Å². The van der Waals surface area contributed by atoms with E-state index in [4.69, 9.17) is 0 Å². The topological polar surface area (TPSA) is 20.2 Å². The minimum Gasteiger partial charge on any atom is -0.505 e. The first-order chi connectivity index (χ1) is 12.4. The first-order valence-electron chi connectivity index (χ1n) is 8.08. The summed E-state index contributed by atoms with van der Waals surface area (Å²) in [6.07, 6.45) is -0.0749. The van der Waals surface area contributed by atoms with Gasteiger partial charge in [-0.3, -0.25) is 0 Å². The fourth-order valence-electron chi connectivity index (χ4n) is 3.06. The summed E-state index contributed by atoms with van der Waals surface area (Å²) in [4.78, 5) is 0. The largest absolute Gasteiger partial charge is 0.505 e. The number of phenolic OH excluding ortho intramolecular Hbond substituents is 1. The van der Waals surface area contributed by atoms with Gasteiger partial charge >= 0.3 is 0 Å². The van der Waals surface area contributed by atoms with Crippen LogP contribution in [0.15, 0.2) is 48.5 Å². The molecule has 0 radical (unpaired) electrons. The third-order valence-corrected chi connectivity index (χ3v) is 4.47. The fourth-order valence-corrected chi connectivity index (χ4v) is 3.06. The van der Waals surface area contributed by atoms with E-state index in [0.29, 0.717) is 22.3 Å². The minimum absolute atomic E-state index is 0.0398. The van der Waals surface area contributed by atoms with Gasteiger partial charge in [-0.2, -0.15) is 0 Å². The molecule has 3 aromatic carbocycles. The number of rotatable bonds is 4. The lowest BCUT2D eigenvalue weighted by atomic mass is 9.92. The number of benzene rings is 3. The highest BCUT2D eigenvalue weighted by Crippen LogP contribution is 2.30. The molecular formula is C21H16F4O. The Labute approximate surface area is 148 Å². The van der Waals surface area contributed by atoms with Gasteiger partial charge in [0.25, 0.3) is 0 Å². The second-order valence-corrected chi connectivity index (χ2v) is 6.07. The van der Waals surface area contributed by atoms with Crippen molar-refractivity contribution in [2.75, 3.05) is 0 Å². The van der Waals surface area contributed by atoms with Crippen molar-refractivity contribution in [1.29, 1.82) is 0 Å². The maximum Gasteiger partial charge on any atom is 0.170 e. The van der Waals surface area contributed by atoms with E-state index in [1.54, 1.807) is 25.1 Å². The Morgan fingerprint density at radius 1 is 0.808 bits per heavy atom. The molecule has 3 aromatic rings. The number of phenols is 1. The summed E-state index contributed by atoms with van der Waals surface area (Å²) in [5.41, 5.74) is 1.83. The molecular weight excluding hydrogens is 344 g/mol. The standard InChI is InChI=1S/C21H16F4O/c1-12-15(13-3-2-4-14(22)11-13)7-8-18(23)16(12)5-6-17-19(24)9-10-20(26)21(17)25/h2-4,7-11,26H,5-6H2,1H3. The third-order valence-electron chi connectivity index (χ3n) is 4.47. The summed E-state index contributed by atoms with van der Waals surface area (Å²) in [5, 5.41) is 9.40. The van der Waals surface area contributed by atoms with Gasteiger partial charge in [-0.25, -0.2) is 17.6 Å². The lowest BCUT2D eigenvalue weighted by Gasteiger charge is -2.14. The van der Waals surface area contributed by atoms with Gasteiger partial charge in [0, 0.05) is 5.56 Å². The fraction of sp³-hybridized carbons (Fsp3) is 0.143. The molecule has 0 bridgehead atoms. The van der Waals surface area contributed by atoms with Gasteiger partial charge in [0.05, 0.1) is 0 Å². The van der Waals surface area contributed by atoms with Gasteiger partial charge in [-0.05, 0) is 72.4 Å². The van der Waals surface area contributed by atoms with Crippen molar-refractivity contribution in [2.24, 2.45) is 0 Å². The molecule has 0 aromatic heterocycles. The number of aromatic hydroxyl groups is 1. The van der Waals surface area contributed by atoms with Crippen LogP contribution in [0.1, 0.15) is 16.7 Å². The second kappa shape index (κ2) is 7.20. The Morgan fingerprint density at radius 2 is 1.46 bits per heavy atom. The SMILES string of the molecule is Cc1c(-c2cccc(F)c2)ccc(F)c1CCc1c(F)ccc(O)c1F. The van der Waals surface area contributed by atoms with Crippen LogP contribution in [0.4, 0.5) is 17.6 Å². The van der Waals surface area contributed by atoms with E-state index in [0.717, 1.165) is 12.1 Å². The number of hydrogen-bond donors (Lipinski definition) is 1. The molecule has 1 N–H and O–H groups in total. The predicted molar refractivity (Wildman–Crippen MR) is 92.0 cm³/mol. The second-order valence-electron chi connectivity index (χ2n) is 6.07. The first kappa shape index (κ1) is 18.0. The first-order valence-corrected chi connectivity index (χ1v) is 8.08. The Balaban J connectivity index is 1.96. The minimum atomic E-state index is -1.04. The lowest BCUT2D eigenvalue weighted by Crippen LogP contribution is -2.03. The van der Waals surface area contributed by atoms with Crippen molar-refractivity contribution in [2.45, 2.75) is 19.8 Å². The van der Waals surface area contributed by atoms with Crippen LogP contribution in [-0.4, -0.2) is 5.11 Å². The van der Waals surface area contributed by atoms with Gasteiger partial charge in [0.1, 0.15) is 17.5 Å². The molecule has 0 atom stereocenters. The van der Waals surface area contributed by atoms with E-state index in [1.165, 1.54) is 18.2 Å². The molecule has 1 nitrogen and oxygen atoms in total. The molecule has 0 heterocycles. The molecule has 134 valence electrons. The van der Waals surface area contributed by atoms with E-state index in [2.05, 4.69) is 0 Å². The molecule has 0 fully saturated rings. The highest BCUT2D eigenvalue weighted by Gasteiger charge is 2.16. The quantitative estimate of drug-likeness (QED) is 0.591. The van der Waals surface area contributed by atoms with Crippen LogP contribution in [-0.2, 0) is 12.8 Å². The van der Waals surface area contributed by atoms with Crippen molar-refractivity contribution in [1.82, 2.24) is 0 Å². The lowest BCUT2D eigenvalue weighted by molar-refractivity contribution is 0.421. The van der Waals surface area contributed by atoms with Gasteiger partial charge in [0.15, 0.2) is 11.6 Å². The molecule has 0 saturated heterocycles. The number of hydrogen-bond acceptors (Lipinski definition) is 1. The third kappa shape index (κ3) is 3.43. The van der Waals surface area contributed by atoms with Crippen LogP contribution in [0.5, 0.6) is 5.75 Å². The van der Waals surface area contributed by atoms with Crippen molar-refractivity contribution >= 4 is 0 Å². The summed E-state index contributed by atoms with van der Waals surface area (Å²) < 4.78 is 55.5. The number of halogens is 4. The van der Waals surface area contributed by atoms with Crippen LogP contribution in [0.2, 0.25) is 0 Å². The maximum atomic E-state index is 14.3. The molecule has 5 heteroatoms. The van der Waals surface area contributed by atoms with Crippen LogP contribution in [0.25, 0.3) is 11.1 Å². The highest BCUT2D eigenvalue weighted by molar-refractivity contribution is 5.68. The summed E-state index contributed by atoms with van der Waals surface area (Å²) >= 11 is 0. The van der Waals surface area contributed by atoms with E-state index in [-0.39, 0.29) is 18.4 Å². The van der Waals surface area contributed by atoms with Crippen LogP contribution in [0.3, 0.4) is 0 Å². The molecule has 0 saturated carbocycles. The molecule has 0 aliphatic heterocycles. The molecule has 3 rings (SSSR count). The van der Waals surface area contributed by atoms with E-state index < -0.39 is 29.0 Å². The zero-order valence-corrected chi connectivity index (χ0v) is 14.0. The van der Waals surface area contributed by atoms with E-state index in [1.807, 2.05) is 0 Å². The van der Waals surface area contributed by atoms with Gasteiger partial charge < -0.3 is 5.11 Å². The van der Waals surface area contributed by atoms with Gasteiger partial charge in [-0.1, -0.05) is 18.2 Å². The van der Waals surface area contributed by atoms with E-state index >= 15 is 0 Å². The predicted octanol–water partition coefficient (Wildman–Crippen LogP) is 5.71. The molecule has 0 aliphatic rings. The zero-order valence-electron chi connectivity index (χ0n) is 14.0. The van der Waals surface area contributed by atoms with Crippen LogP contribution in [0, 0.1) is 30.2 Å². The summed E-state index contributed by atoms with van der Waals surface area (Å²) in [5.74, 6) is -3.38. The Hall–Kier alpha value is -2.82. The van der Waals surface area contributed by atoms with Crippen molar-refractivity contribution in [3.05, 3.63) is 88.5 Å². The van der Waals surface area contributed by atoms with Crippen molar-refractivity contribution in [3.63, 3.8) is 0 Å². The Kier molecular flexibility index (Phi) is 4.98.